The summed E-state index contributed by atoms with van der Waals surface area (Å²) >= 11 is 0. The van der Waals surface area contributed by atoms with E-state index in [1.54, 1.807) is 39.4 Å². The van der Waals surface area contributed by atoms with E-state index in [1.807, 2.05) is 19.1 Å². The van der Waals surface area contributed by atoms with Crippen LogP contribution in [-0.4, -0.2) is 37.1 Å². The Hall–Kier alpha value is -3.81. The van der Waals surface area contributed by atoms with Crippen LogP contribution in [0.15, 0.2) is 52.1 Å². The monoisotopic (exact) mass is 409 g/mol. The SMILES string of the molecule is COc1ccc(C(C)Nc2c(Nc3cccc(C(=O)N(C)C)c3O)c(=O)c2=O)cc1. The van der Waals surface area contributed by atoms with Gasteiger partial charge < -0.3 is 25.4 Å². The number of aromatic hydroxyl groups is 1. The molecule has 0 saturated carbocycles. The van der Waals surface area contributed by atoms with Gasteiger partial charge in [-0.1, -0.05) is 18.2 Å². The van der Waals surface area contributed by atoms with Gasteiger partial charge in [-0.2, -0.15) is 0 Å². The molecule has 3 N–H and O–H groups in total. The molecule has 1 atom stereocenters. The zero-order chi connectivity index (χ0) is 22.0. The van der Waals surface area contributed by atoms with Gasteiger partial charge in [-0.3, -0.25) is 14.4 Å². The van der Waals surface area contributed by atoms with E-state index in [-0.39, 0.29) is 40.3 Å². The Morgan fingerprint density at radius 2 is 1.67 bits per heavy atom. The molecule has 3 rings (SSSR count). The fourth-order valence-corrected chi connectivity index (χ4v) is 3.03. The zero-order valence-corrected chi connectivity index (χ0v) is 17.1. The minimum atomic E-state index is -0.692. The van der Waals surface area contributed by atoms with Crippen molar-refractivity contribution in [3.8, 4) is 11.5 Å². The van der Waals surface area contributed by atoms with Crippen molar-refractivity contribution in [3.05, 3.63) is 74.0 Å². The van der Waals surface area contributed by atoms with E-state index < -0.39 is 10.9 Å². The molecule has 8 heteroatoms. The summed E-state index contributed by atoms with van der Waals surface area (Å²) in [5.41, 5.74) is -0.00537. The molecule has 8 nitrogen and oxygen atoms in total. The predicted octanol–water partition coefficient (Wildman–Crippen LogP) is 2.62. The average Bonchev–Trinajstić information content (AvgIpc) is 2.76. The molecule has 0 aliphatic heterocycles. The normalized spacial score (nSPS) is 11.7. The van der Waals surface area contributed by atoms with Crippen molar-refractivity contribution in [1.29, 1.82) is 0 Å². The molecule has 30 heavy (non-hydrogen) atoms. The molecule has 0 aliphatic rings. The number of phenolic OH excluding ortho intramolecular Hbond substituents is 1. The van der Waals surface area contributed by atoms with E-state index in [0.29, 0.717) is 5.75 Å². The minimum Gasteiger partial charge on any atom is -0.505 e. The maximum Gasteiger partial charge on any atom is 0.257 e. The van der Waals surface area contributed by atoms with Crippen molar-refractivity contribution in [2.24, 2.45) is 0 Å². The number of anilines is 3. The number of para-hydroxylation sites is 1. The standard InChI is InChI=1S/C22H23N3O5/c1-12(13-8-10-14(30-4)11-9-13)23-17-18(21(28)20(17)27)24-16-7-5-6-15(19(16)26)22(29)25(2)3/h5-12,23-24,26H,1-4H3. The van der Waals surface area contributed by atoms with Crippen LogP contribution in [0.25, 0.3) is 0 Å². The molecule has 0 fully saturated rings. The van der Waals surface area contributed by atoms with E-state index >= 15 is 0 Å². The van der Waals surface area contributed by atoms with Crippen LogP contribution in [0.1, 0.15) is 28.9 Å². The first-order valence-corrected chi connectivity index (χ1v) is 9.29. The number of ether oxygens (including phenoxy) is 1. The molecule has 0 aromatic heterocycles. The van der Waals surface area contributed by atoms with Gasteiger partial charge in [0.2, 0.25) is 0 Å². The fraction of sp³-hybridized carbons (Fsp3) is 0.227. The molecule has 0 spiro atoms. The lowest BCUT2D eigenvalue weighted by Gasteiger charge is -2.21. The highest BCUT2D eigenvalue weighted by molar-refractivity contribution is 5.99. The van der Waals surface area contributed by atoms with Gasteiger partial charge in [0.1, 0.15) is 17.1 Å². The first kappa shape index (κ1) is 20.9. The number of rotatable bonds is 7. The van der Waals surface area contributed by atoms with Gasteiger partial charge in [-0.25, -0.2) is 0 Å². The molecule has 3 aromatic rings. The highest BCUT2D eigenvalue weighted by atomic mass is 16.5. The second-order valence-corrected chi connectivity index (χ2v) is 7.07. The van der Waals surface area contributed by atoms with E-state index in [9.17, 15) is 19.5 Å². The minimum absolute atomic E-state index is 0.0464. The van der Waals surface area contributed by atoms with Gasteiger partial charge in [0.15, 0.2) is 5.75 Å². The number of carbonyl (C=O) groups excluding carboxylic acids is 1. The Bertz CT molecular complexity index is 1140. The van der Waals surface area contributed by atoms with Crippen molar-refractivity contribution in [3.63, 3.8) is 0 Å². The van der Waals surface area contributed by atoms with Crippen LogP contribution in [0.4, 0.5) is 17.1 Å². The number of carbonyl (C=O) groups is 1. The Balaban J connectivity index is 1.85. The van der Waals surface area contributed by atoms with Gasteiger partial charge in [-0.05, 0) is 36.8 Å². The van der Waals surface area contributed by atoms with Gasteiger partial charge >= 0.3 is 0 Å². The highest BCUT2D eigenvalue weighted by Crippen LogP contribution is 2.33. The smallest absolute Gasteiger partial charge is 0.257 e. The summed E-state index contributed by atoms with van der Waals surface area (Å²) in [5, 5.41) is 16.3. The van der Waals surface area contributed by atoms with Gasteiger partial charge in [-0.15, -0.1) is 0 Å². The maximum absolute atomic E-state index is 12.2. The summed E-state index contributed by atoms with van der Waals surface area (Å²) in [5.74, 6) is 0.0380. The molecule has 0 saturated heterocycles. The molecule has 0 heterocycles. The predicted molar refractivity (Wildman–Crippen MR) is 116 cm³/mol. The van der Waals surface area contributed by atoms with Gasteiger partial charge in [0.25, 0.3) is 16.8 Å². The molecule has 0 radical (unpaired) electrons. The Kier molecular flexibility index (Phi) is 5.77. The van der Waals surface area contributed by atoms with Crippen LogP contribution in [0.2, 0.25) is 0 Å². The molecule has 1 amide bonds. The van der Waals surface area contributed by atoms with Gasteiger partial charge in [0, 0.05) is 20.1 Å². The summed E-state index contributed by atoms with van der Waals surface area (Å²) in [4.78, 5) is 37.8. The molecule has 156 valence electrons. The molecular weight excluding hydrogens is 386 g/mol. The Labute approximate surface area is 173 Å². The summed E-state index contributed by atoms with van der Waals surface area (Å²) < 4.78 is 5.14. The largest absolute Gasteiger partial charge is 0.505 e. The summed E-state index contributed by atoms with van der Waals surface area (Å²) in [7, 11) is 4.72. The third-order valence-corrected chi connectivity index (χ3v) is 4.82. The van der Waals surface area contributed by atoms with Crippen LogP contribution in [0.5, 0.6) is 11.5 Å². The van der Waals surface area contributed by atoms with E-state index in [0.717, 1.165) is 5.56 Å². The number of methoxy groups -OCH3 is 1. The first-order valence-electron chi connectivity index (χ1n) is 9.29. The second kappa shape index (κ2) is 8.28. The molecular formula is C22H23N3O5. The number of benzene rings is 2. The van der Waals surface area contributed by atoms with Crippen molar-refractivity contribution in [2.75, 3.05) is 31.8 Å². The lowest BCUT2D eigenvalue weighted by molar-refractivity contribution is 0.0824. The van der Waals surface area contributed by atoms with Crippen LogP contribution in [0.3, 0.4) is 0 Å². The number of phenols is 1. The van der Waals surface area contributed by atoms with Crippen LogP contribution in [0, 0.1) is 0 Å². The number of amides is 1. The second-order valence-electron chi connectivity index (χ2n) is 7.07. The molecule has 3 aromatic carbocycles. The van der Waals surface area contributed by atoms with Crippen LogP contribution in [-0.2, 0) is 0 Å². The number of nitrogens with one attached hydrogen (secondary N) is 2. The molecule has 0 aliphatic carbocycles. The molecule has 0 bridgehead atoms. The maximum atomic E-state index is 12.2. The first-order chi connectivity index (χ1) is 14.2. The van der Waals surface area contributed by atoms with Crippen LogP contribution >= 0.6 is 0 Å². The van der Waals surface area contributed by atoms with E-state index in [2.05, 4.69) is 10.6 Å². The summed E-state index contributed by atoms with van der Waals surface area (Å²) in [6.45, 7) is 1.86. The number of hydrogen-bond donors (Lipinski definition) is 3. The Morgan fingerprint density at radius 1 is 1.03 bits per heavy atom. The van der Waals surface area contributed by atoms with Crippen LogP contribution < -0.4 is 26.2 Å². The fourth-order valence-electron chi connectivity index (χ4n) is 3.03. The lowest BCUT2D eigenvalue weighted by atomic mass is 10.1. The lowest BCUT2D eigenvalue weighted by Crippen LogP contribution is -2.37. The number of nitrogens with zero attached hydrogens (tertiary/aromatic N) is 1. The average molecular weight is 409 g/mol. The quantitative estimate of drug-likeness (QED) is 0.407. The van der Waals surface area contributed by atoms with Gasteiger partial charge in [0.05, 0.1) is 18.4 Å². The zero-order valence-electron chi connectivity index (χ0n) is 17.1. The topological polar surface area (TPSA) is 108 Å². The van der Waals surface area contributed by atoms with Crippen molar-refractivity contribution < 1.29 is 14.6 Å². The summed E-state index contributed by atoms with van der Waals surface area (Å²) in [6, 6.07) is 11.7. The number of hydrogen-bond acceptors (Lipinski definition) is 7. The third kappa shape index (κ3) is 3.84. The molecule has 1 unspecified atom stereocenters. The summed E-state index contributed by atoms with van der Waals surface area (Å²) in [6.07, 6.45) is 0. The van der Waals surface area contributed by atoms with E-state index in [4.69, 9.17) is 4.74 Å². The highest BCUT2D eigenvalue weighted by Gasteiger charge is 2.24. The third-order valence-electron chi connectivity index (χ3n) is 4.82. The Morgan fingerprint density at radius 3 is 2.27 bits per heavy atom. The van der Waals surface area contributed by atoms with Crippen molar-refractivity contribution in [2.45, 2.75) is 13.0 Å². The van der Waals surface area contributed by atoms with Crippen molar-refractivity contribution in [1.82, 2.24) is 4.90 Å². The van der Waals surface area contributed by atoms with E-state index in [1.165, 1.54) is 17.0 Å². The van der Waals surface area contributed by atoms with Crippen molar-refractivity contribution >= 4 is 23.0 Å².